The quantitative estimate of drug-likeness (QED) is 0.354. The third-order valence-corrected chi connectivity index (χ3v) is 2.48. The largest absolute Gasteiger partial charge is 0.463 e. The van der Waals surface area contributed by atoms with E-state index in [0.717, 1.165) is 24.8 Å². The summed E-state index contributed by atoms with van der Waals surface area (Å²) in [6, 6.07) is 0. The molecule has 0 spiro atoms. The van der Waals surface area contributed by atoms with Crippen LogP contribution in [0.3, 0.4) is 0 Å². The Morgan fingerprint density at radius 1 is 1.31 bits per heavy atom. The first kappa shape index (κ1) is 15.2. The fourth-order valence-electron chi connectivity index (χ4n) is 1.36. The van der Waals surface area contributed by atoms with E-state index in [1.54, 1.807) is 6.08 Å². The summed E-state index contributed by atoms with van der Waals surface area (Å²) in [6.45, 7) is 8.97. The van der Waals surface area contributed by atoms with E-state index < -0.39 is 0 Å². The van der Waals surface area contributed by atoms with Crippen molar-refractivity contribution >= 4 is 5.97 Å². The molecule has 0 aliphatic carbocycles. The van der Waals surface area contributed by atoms with E-state index in [0.29, 0.717) is 12.5 Å². The average Bonchev–Trinajstić information content (AvgIpc) is 2.17. The predicted octanol–water partition coefficient (Wildman–Crippen LogP) is 4.10. The topological polar surface area (TPSA) is 26.3 Å². The molecule has 0 bridgehead atoms. The summed E-state index contributed by atoms with van der Waals surface area (Å²) < 4.78 is 5.11. The van der Waals surface area contributed by atoms with Gasteiger partial charge in [-0.2, -0.15) is 0 Å². The van der Waals surface area contributed by atoms with Crippen LogP contribution in [0.15, 0.2) is 11.6 Å². The predicted molar refractivity (Wildman–Crippen MR) is 68.3 cm³/mol. The van der Waals surface area contributed by atoms with Crippen LogP contribution in [0.5, 0.6) is 0 Å². The molecular formula is C14H26O2. The Hall–Kier alpha value is -0.790. The van der Waals surface area contributed by atoms with Crippen molar-refractivity contribution in [2.45, 2.75) is 59.8 Å². The molecule has 2 nitrogen and oxygen atoms in total. The van der Waals surface area contributed by atoms with Gasteiger partial charge >= 0.3 is 5.97 Å². The monoisotopic (exact) mass is 226 g/mol. The van der Waals surface area contributed by atoms with Gasteiger partial charge in [-0.25, -0.2) is 4.79 Å². The van der Waals surface area contributed by atoms with E-state index in [1.165, 1.54) is 12.8 Å². The Bertz CT molecular complexity index is 217. The van der Waals surface area contributed by atoms with Gasteiger partial charge in [-0.05, 0) is 32.1 Å². The third kappa shape index (κ3) is 9.75. The Labute approximate surface area is 100 Å². The SMILES string of the molecule is CCCCC/C(C)=C/C(=O)OCCC(C)C. The van der Waals surface area contributed by atoms with Gasteiger partial charge in [0.2, 0.25) is 0 Å². The van der Waals surface area contributed by atoms with Crippen molar-refractivity contribution in [1.29, 1.82) is 0 Å². The van der Waals surface area contributed by atoms with E-state index in [1.807, 2.05) is 6.92 Å². The van der Waals surface area contributed by atoms with Crippen molar-refractivity contribution in [3.63, 3.8) is 0 Å². The molecule has 94 valence electrons. The number of allylic oxidation sites excluding steroid dienone is 1. The number of rotatable bonds is 8. The van der Waals surface area contributed by atoms with E-state index in [9.17, 15) is 4.79 Å². The minimum Gasteiger partial charge on any atom is -0.463 e. The molecule has 16 heavy (non-hydrogen) atoms. The summed E-state index contributed by atoms with van der Waals surface area (Å²) in [6.07, 6.45) is 7.19. The molecule has 0 aliphatic rings. The molecule has 0 amide bonds. The normalized spacial score (nSPS) is 11.9. The highest BCUT2D eigenvalue weighted by atomic mass is 16.5. The van der Waals surface area contributed by atoms with Crippen molar-refractivity contribution in [2.24, 2.45) is 5.92 Å². The molecule has 0 saturated heterocycles. The van der Waals surface area contributed by atoms with Gasteiger partial charge in [-0.3, -0.25) is 0 Å². The standard InChI is InChI=1S/C14H26O2/c1-5-6-7-8-13(4)11-14(15)16-10-9-12(2)3/h11-12H,5-10H2,1-4H3/b13-11+. The van der Waals surface area contributed by atoms with E-state index in [-0.39, 0.29) is 5.97 Å². The summed E-state index contributed by atoms with van der Waals surface area (Å²) in [5.41, 5.74) is 1.13. The Balaban J connectivity index is 3.69. The number of carbonyl (C=O) groups is 1. The lowest BCUT2D eigenvalue weighted by atomic mass is 10.1. The first-order valence-corrected chi connectivity index (χ1v) is 6.40. The van der Waals surface area contributed by atoms with Gasteiger partial charge in [-0.1, -0.05) is 39.2 Å². The highest BCUT2D eigenvalue weighted by molar-refractivity contribution is 5.82. The Kier molecular flexibility index (Phi) is 8.97. The van der Waals surface area contributed by atoms with Crippen molar-refractivity contribution < 1.29 is 9.53 Å². The Morgan fingerprint density at radius 2 is 2.00 bits per heavy atom. The lowest BCUT2D eigenvalue weighted by molar-refractivity contribution is -0.138. The second kappa shape index (κ2) is 9.44. The molecule has 0 aromatic heterocycles. The van der Waals surface area contributed by atoms with Crippen LogP contribution in [0.1, 0.15) is 59.8 Å². The smallest absolute Gasteiger partial charge is 0.330 e. The maximum Gasteiger partial charge on any atom is 0.330 e. The molecule has 0 fully saturated rings. The van der Waals surface area contributed by atoms with Crippen molar-refractivity contribution in [1.82, 2.24) is 0 Å². The fraction of sp³-hybridized carbons (Fsp3) is 0.786. The summed E-state index contributed by atoms with van der Waals surface area (Å²) in [7, 11) is 0. The molecule has 0 rings (SSSR count). The molecule has 0 unspecified atom stereocenters. The van der Waals surface area contributed by atoms with E-state index >= 15 is 0 Å². The zero-order valence-electron chi connectivity index (χ0n) is 11.2. The molecular weight excluding hydrogens is 200 g/mol. The van der Waals surface area contributed by atoms with Gasteiger partial charge in [0.15, 0.2) is 0 Å². The summed E-state index contributed by atoms with van der Waals surface area (Å²) >= 11 is 0. The number of hydrogen-bond donors (Lipinski definition) is 0. The molecule has 0 saturated carbocycles. The lowest BCUT2D eigenvalue weighted by Gasteiger charge is -2.05. The maximum atomic E-state index is 11.4. The minimum absolute atomic E-state index is 0.186. The number of esters is 1. The zero-order valence-corrected chi connectivity index (χ0v) is 11.2. The van der Waals surface area contributed by atoms with Crippen LogP contribution < -0.4 is 0 Å². The molecule has 0 aliphatic heterocycles. The summed E-state index contributed by atoms with van der Waals surface area (Å²) in [5.74, 6) is 0.400. The molecule has 0 N–H and O–H groups in total. The summed E-state index contributed by atoms with van der Waals surface area (Å²) in [4.78, 5) is 11.4. The highest BCUT2D eigenvalue weighted by Crippen LogP contribution is 2.08. The van der Waals surface area contributed by atoms with Crippen LogP contribution in [-0.4, -0.2) is 12.6 Å². The van der Waals surface area contributed by atoms with E-state index in [4.69, 9.17) is 4.74 Å². The lowest BCUT2D eigenvalue weighted by Crippen LogP contribution is -2.05. The zero-order chi connectivity index (χ0) is 12.4. The molecule has 0 radical (unpaired) electrons. The second-order valence-corrected chi connectivity index (χ2v) is 4.80. The van der Waals surface area contributed by atoms with Crippen LogP contribution in [0.25, 0.3) is 0 Å². The van der Waals surface area contributed by atoms with Gasteiger partial charge in [0, 0.05) is 6.08 Å². The number of ether oxygens (including phenoxy) is 1. The molecule has 0 heterocycles. The van der Waals surface area contributed by atoms with Crippen molar-refractivity contribution in [3.05, 3.63) is 11.6 Å². The first-order chi connectivity index (χ1) is 7.56. The van der Waals surface area contributed by atoms with Crippen LogP contribution >= 0.6 is 0 Å². The van der Waals surface area contributed by atoms with Gasteiger partial charge in [0.25, 0.3) is 0 Å². The maximum absolute atomic E-state index is 11.4. The fourth-order valence-corrected chi connectivity index (χ4v) is 1.36. The van der Waals surface area contributed by atoms with Gasteiger partial charge < -0.3 is 4.74 Å². The first-order valence-electron chi connectivity index (χ1n) is 6.40. The third-order valence-electron chi connectivity index (χ3n) is 2.48. The Morgan fingerprint density at radius 3 is 2.56 bits per heavy atom. The summed E-state index contributed by atoms with van der Waals surface area (Å²) in [5, 5.41) is 0. The molecule has 0 atom stereocenters. The van der Waals surface area contributed by atoms with Crippen LogP contribution in [0.4, 0.5) is 0 Å². The van der Waals surface area contributed by atoms with Gasteiger partial charge in [-0.15, -0.1) is 0 Å². The number of hydrogen-bond acceptors (Lipinski definition) is 2. The highest BCUT2D eigenvalue weighted by Gasteiger charge is 2.01. The molecule has 2 heteroatoms. The molecule has 0 aromatic rings. The number of carbonyl (C=O) groups excluding carboxylic acids is 1. The van der Waals surface area contributed by atoms with Crippen LogP contribution in [0, 0.1) is 5.92 Å². The second-order valence-electron chi connectivity index (χ2n) is 4.80. The van der Waals surface area contributed by atoms with Crippen molar-refractivity contribution in [3.8, 4) is 0 Å². The van der Waals surface area contributed by atoms with Crippen LogP contribution in [-0.2, 0) is 9.53 Å². The van der Waals surface area contributed by atoms with Crippen molar-refractivity contribution in [2.75, 3.05) is 6.61 Å². The molecule has 0 aromatic carbocycles. The number of unbranched alkanes of at least 4 members (excludes halogenated alkanes) is 2. The van der Waals surface area contributed by atoms with Crippen LogP contribution in [0.2, 0.25) is 0 Å². The van der Waals surface area contributed by atoms with E-state index in [2.05, 4.69) is 20.8 Å². The van der Waals surface area contributed by atoms with Gasteiger partial charge in [0.05, 0.1) is 6.61 Å². The average molecular weight is 226 g/mol. The van der Waals surface area contributed by atoms with Gasteiger partial charge in [0.1, 0.15) is 0 Å². The minimum atomic E-state index is -0.186.